The van der Waals surface area contributed by atoms with Gasteiger partial charge in [0, 0.05) is 12.0 Å². The van der Waals surface area contributed by atoms with Gasteiger partial charge in [-0.1, -0.05) is 20.3 Å². The smallest absolute Gasteiger partial charge is 0.0576 e. The Labute approximate surface area is 99.5 Å². The molecule has 0 aliphatic carbocycles. The molecule has 1 aliphatic heterocycles. The third-order valence-electron chi connectivity index (χ3n) is 3.24. The van der Waals surface area contributed by atoms with Crippen LogP contribution >= 0.6 is 11.6 Å². The average Bonchev–Trinajstić information content (AvgIpc) is 2.53. The summed E-state index contributed by atoms with van der Waals surface area (Å²) in [7, 11) is 0. The van der Waals surface area contributed by atoms with E-state index < -0.39 is 0 Å². The summed E-state index contributed by atoms with van der Waals surface area (Å²) in [6.07, 6.45) is 7.97. The zero-order valence-electron chi connectivity index (χ0n) is 10.4. The summed E-state index contributed by atoms with van der Waals surface area (Å²) in [6.45, 7) is 7.71. The van der Waals surface area contributed by atoms with Crippen molar-refractivity contribution in [3.8, 4) is 0 Å². The quantitative estimate of drug-likeness (QED) is 0.618. The maximum absolute atomic E-state index is 6.04. The fraction of sp³-hybridized carbons (Fsp3) is 1.00. The van der Waals surface area contributed by atoms with Gasteiger partial charge in [-0.25, -0.2) is 0 Å². The van der Waals surface area contributed by atoms with Gasteiger partial charge in [0.15, 0.2) is 0 Å². The van der Waals surface area contributed by atoms with E-state index in [0.717, 1.165) is 13.0 Å². The highest BCUT2D eigenvalue weighted by atomic mass is 35.5. The summed E-state index contributed by atoms with van der Waals surface area (Å²) < 4.78 is 5.62. The van der Waals surface area contributed by atoms with Crippen LogP contribution in [0.2, 0.25) is 0 Å². The van der Waals surface area contributed by atoms with E-state index in [9.17, 15) is 0 Å². The number of halogens is 1. The molecule has 0 bridgehead atoms. The van der Waals surface area contributed by atoms with Crippen LogP contribution < -0.4 is 0 Å². The molecule has 1 rings (SSSR count). The molecule has 0 aromatic rings. The minimum atomic E-state index is 0.294. The molecule has 15 heavy (non-hydrogen) atoms. The molecule has 2 heteroatoms. The van der Waals surface area contributed by atoms with Crippen molar-refractivity contribution < 1.29 is 4.74 Å². The minimum absolute atomic E-state index is 0.294. The monoisotopic (exact) mass is 232 g/mol. The van der Waals surface area contributed by atoms with Crippen LogP contribution in [-0.4, -0.2) is 18.1 Å². The number of ether oxygens (including phenoxy) is 1. The Morgan fingerprint density at radius 2 is 2.20 bits per heavy atom. The molecule has 0 aromatic heterocycles. The lowest BCUT2D eigenvalue weighted by Gasteiger charge is -2.26. The third-order valence-corrected chi connectivity index (χ3v) is 3.39. The highest BCUT2D eigenvalue weighted by Gasteiger charge is 2.21. The second kappa shape index (κ2) is 6.10. The maximum atomic E-state index is 6.04. The van der Waals surface area contributed by atoms with Crippen molar-refractivity contribution in [2.45, 2.75) is 70.8 Å². The molecular weight excluding hydrogens is 208 g/mol. The summed E-state index contributed by atoms with van der Waals surface area (Å²) in [5.74, 6) is 0. The van der Waals surface area contributed by atoms with Crippen LogP contribution in [0.15, 0.2) is 0 Å². The molecule has 0 amide bonds. The third kappa shape index (κ3) is 5.77. The molecule has 1 nitrogen and oxygen atoms in total. The van der Waals surface area contributed by atoms with E-state index in [4.69, 9.17) is 16.3 Å². The summed E-state index contributed by atoms with van der Waals surface area (Å²) in [5, 5.41) is 0.294. The summed E-state index contributed by atoms with van der Waals surface area (Å²) in [4.78, 5) is 0. The Bertz CT molecular complexity index is 171. The SMILES string of the molecule is CC(Cl)CC(C)(C)CCCC1CCCO1. The fourth-order valence-electron chi connectivity index (χ4n) is 2.54. The van der Waals surface area contributed by atoms with E-state index in [0.29, 0.717) is 16.9 Å². The highest BCUT2D eigenvalue weighted by Crippen LogP contribution is 2.31. The highest BCUT2D eigenvalue weighted by molar-refractivity contribution is 6.20. The van der Waals surface area contributed by atoms with Crippen LogP contribution in [0.5, 0.6) is 0 Å². The van der Waals surface area contributed by atoms with E-state index >= 15 is 0 Å². The first-order valence-corrected chi connectivity index (χ1v) is 6.69. The lowest BCUT2D eigenvalue weighted by atomic mass is 9.82. The molecule has 2 atom stereocenters. The second-order valence-corrected chi connectivity index (χ2v) is 6.42. The molecule has 90 valence electrons. The second-order valence-electron chi connectivity index (χ2n) is 5.68. The number of rotatable bonds is 6. The Kier molecular flexibility index (Phi) is 5.42. The van der Waals surface area contributed by atoms with Gasteiger partial charge in [0.2, 0.25) is 0 Å². The molecule has 2 unspecified atom stereocenters. The van der Waals surface area contributed by atoms with Crippen LogP contribution in [0.1, 0.15) is 59.3 Å². The number of hydrogen-bond donors (Lipinski definition) is 0. The molecule has 0 aromatic carbocycles. The molecule has 1 aliphatic rings. The largest absolute Gasteiger partial charge is 0.378 e. The van der Waals surface area contributed by atoms with Gasteiger partial charge in [0.05, 0.1) is 6.10 Å². The van der Waals surface area contributed by atoms with Crippen LogP contribution in [0.3, 0.4) is 0 Å². The Hall–Kier alpha value is 0.250. The Balaban J connectivity index is 2.11. The predicted molar refractivity (Wildman–Crippen MR) is 66.5 cm³/mol. The van der Waals surface area contributed by atoms with Crippen LogP contribution in [0.25, 0.3) is 0 Å². The van der Waals surface area contributed by atoms with Gasteiger partial charge in [-0.15, -0.1) is 11.6 Å². The predicted octanol–water partition coefficient (Wildman–Crippen LogP) is 4.38. The molecule has 0 N–H and O–H groups in total. The van der Waals surface area contributed by atoms with Crippen molar-refractivity contribution >= 4 is 11.6 Å². The molecule has 0 radical (unpaired) electrons. The van der Waals surface area contributed by atoms with Gasteiger partial charge in [0.25, 0.3) is 0 Å². The van der Waals surface area contributed by atoms with Gasteiger partial charge in [0.1, 0.15) is 0 Å². The number of alkyl halides is 1. The van der Waals surface area contributed by atoms with Crippen LogP contribution in [0.4, 0.5) is 0 Å². The van der Waals surface area contributed by atoms with Crippen molar-refractivity contribution in [1.82, 2.24) is 0 Å². The van der Waals surface area contributed by atoms with E-state index in [1.54, 1.807) is 0 Å². The van der Waals surface area contributed by atoms with Crippen molar-refractivity contribution in [2.24, 2.45) is 5.41 Å². The maximum Gasteiger partial charge on any atom is 0.0576 e. The lowest BCUT2D eigenvalue weighted by Crippen LogP contribution is -2.16. The van der Waals surface area contributed by atoms with E-state index in [1.807, 2.05) is 0 Å². The van der Waals surface area contributed by atoms with Gasteiger partial charge < -0.3 is 4.74 Å². The topological polar surface area (TPSA) is 9.23 Å². The average molecular weight is 233 g/mol. The molecule has 1 saturated heterocycles. The van der Waals surface area contributed by atoms with Crippen LogP contribution in [0, 0.1) is 5.41 Å². The van der Waals surface area contributed by atoms with E-state index in [2.05, 4.69) is 20.8 Å². The molecule has 0 saturated carbocycles. The summed E-state index contributed by atoms with van der Waals surface area (Å²) in [6, 6.07) is 0. The zero-order valence-corrected chi connectivity index (χ0v) is 11.1. The van der Waals surface area contributed by atoms with E-state index in [-0.39, 0.29) is 0 Å². The summed E-state index contributed by atoms with van der Waals surface area (Å²) in [5.41, 5.74) is 0.389. The van der Waals surface area contributed by atoms with Gasteiger partial charge >= 0.3 is 0 Å². The van der Waals surface area contributed by atoms with Crippen molar-refractivity contribution in [3.05, 3.63) is 0 Å². The molecule has 0 spiro atoms. The molecular formula is C13H25ClO. The molecule has 1 heterocycles. The van der Waals surface area contributed by atoms with Crippen molar-refractivity contribution in [1.29, 1.82) is 0 Å². The van der Waals surface area contributed by atoms with Crippen molar-refractivity contribution in [3.63, 3.8) is 0 Å². The van der Waals surface area contributed by atoms with Gasteiger partial charge in [-0.3, -0.25) is 0 Å². The van der Waals surface area contributed by atoms with Crippen LogP contribution in [-0.2, 0) is 4.74 Å². The Morgan fingerprint density at radius 3 is 2.73 bits per heavy atom. The zero-order chi connectivity index (χ0) is 11.3. The normalized spacial score (nSPS) is 24.4. The Morgan fingerprint density at radius 1 is 1.47 bits per heavy atom. The fourth-order valence-corrected chi connectivity index (χ4v) is 2.96. The first kappa shape index (κ1) is 13.3. The lowest BCUT2D eigenvalue weighted by molar-refractivity contribution is 0.0983. The standard InChI is InChI=1S/C13H25ClO/c1-11(14)10-13(2,3)8-4-6-12-7-5-9-15-12/h11-12H,4-10H2,1-3H3. The number of hydrogen-bond acceptors (Lipinski definition) is 1. The minimum Gasteiger partial charge on any atom is -0.378 e. The van der Waals surface area contributed by atoms with E-state index in [1.165, 1.54) is 32.1 Å². The van der Waals surface area contributed by atoms with Gasteiger partial charge in [-0.05, 0) is 44.4 Å². The summed E-state index contributed by atoms with van der Waals surface area (Å²) >= 11 is 6.04. The van der Waals surface area contributed by atoms with Crippen molar-refractivity contribution in [2.75, 3.05) is 6.61 Å². The molecule has 1 fully saturated rings. The first-order valence-electron chi connectivity index (χ1n) is 6.25. The first-order chi connectivity index (χ1) is 6.99. The van der Waals surface area contributed by atoms with Gasteiger partial charge in [-0.2, -0.15) is 0 Å².